The number of hydrogen-bond donors (Lipinski definition) is 1. The van der Waals surface area contributed by atoms with Gasteiger partial charge in [0.15, 0.2) is 5.17 Å². The van der Waals surface area contributed by atoms with E-state index in [0.29, 0.717) is 5.41 Å². The van der Waals surface area contributed by atoms with E-state index in [9.17, 15) is 0 Å². The van der Waals surface area contributed by atoms with Crippen molar-refractivity contribution in [1.82, 2.24) is 5.32 Å². The Morgan fingerprint density at radius 2 is 1.95 bits per heavy atom. The molecule has 2 nitrogen and oxygen atoms in total. The molecule has 0 bridgehead atoms. The molecule has 1 aliphatic heterocycles. The highest BCUT2D eigenvalue weighted by molar-refractivity contribution is 8.13. The van der Waals surface area contributed by atoms with E-state index in [1.54, 1.807) is 0 Å². The minimum absolute atomic E-state index is 0.0865. The van der Waals surface area contributed by atoms with Crippen molar-refractivity contribution < 1.29 is 0 Å². The van der Waals surface area contributed by atoms with Gasteiger partial charge in [0.25, 0.3) is 0 Å². The molecule has 1 aromatic carbocycles. The molecule has 0 fully saturated rings. The van der Waals surface area contributed by atoms with Crippen LogP contribution in [0.2, 0.25) is 0 Å². The maximum Gasteiger partial charge on any atom is 0.156 e. The van der Waals surface area contributed by atoms with E-state index < -0.39 is 0 Å². The quantitative estimate of drug-likeness (QED) is 0.902. The Bertz CT molecular complexity index is 463. The second-order valence-electron chi connectivity index (χ2n) is 7.07. The molecule has 1 heterocycles. The number of benzene rings is 1. The van der Waals surface area contributed by atoms with E-state index in [4.69, 9.17) is 4.99 Å². The Kier molecular flexibility index (Phi) is 4.79. The molecule has 0 atom stereocenters. The Morgan fingerprint density at radius 1 is 1.25 bits per heavy atom. The summed E-state index contributed by atoms with van der Waals surface area (Å²) in [6, 6.07) is 10.7. The first kappa shape index (κ1) is 15.4. The molecule has 110 valence electrons. The number of nitrogens with one attached hydrogen (secondary N) is 1. The summed E-state index contributed by atoms with van der Waals surface area (Å²) in [6.07, 6.45) is 2.21. The molecule has 0 saturated carbocycles. The first-order valence-electron chi connectivity index (χ1n) is 7.36. The number of hydrogen-bond acceptors (Lipinski definition) is 3. The fraction of sp³-hybridized carbons (Fsp3) is 0.588. The second kappa shape index (κ2) is 6.21. The van der Waals surface area contributed by atoms with Crippen LogP contribution >= 0.6 is 11.8 Å². The molecular formula is C17H26N2S. The van der Waals surface area contributed by atoms with Gasteiger partial charge in [-0.1, -0.05) is 55.9 Å². The van der Waals surface area contributed by atoms with Gasteiger partial charge in [-0.3, -0.25) is 4.99 Å². The van der Waals surface area contributed by atoms with Gasteiger partial charge in [0.05, 0.1) is 0 Å². The number of nitrogens with zero attached hydrogens (tertiary/aromatic N) is 1. The van der Waals surface area contributed by atoms with Crippen LogP contribution in [0.15, 0.2) is 35.3 Å². The molecule has 3 heteroatoms. The van der Waals surface area contributed by atoms with Crippen molar-refractivity contribution in [1.29, 1.82) is 0 Å². The smallest absolute Gasteiger partial charge is 0.156 e. The van der Waals surface area contributed by atoms with E-state index in [1.165, 1.54) is 5.56 Å². The molecule has 1 aliphatic rings. The molecule has 0 amide bonds. The lowest BCUT2D eigenvalue weighted by Gasteiger charge is -2.33. The Balaban J connectivity index is 1.86. The van der Waals surface area contributed by atoms with Gasteiger partial charge in [-0.15, -0.1) is 0 Å². The van der Waals surface area contributed by atoms with Crippen molar-refractivity contribution in [3.8, 4) is 0 Å². The number of thioether (sulfide) groups is 1. The monoisotopic (exact) mass is 290 g/mol. The number of rotatable bonds is 4. The topological polar surface area (TPSA) is 24.4 Å². The largest absolute Gasteiger partial charge is 0.360 e. The third-order valence-corrected chi connectivity index (χ3v) is 5.01. The Hall–Kier alpha value is -0.960. The van der Waals surface area contributed by atoms with Crippen molar-refractivity contribution in [2.24, 2.45) is 10.4 Å². The lowest BCUT2D eigenvalue weighted by atomic mass is 9.95. The number of aliphatic imine (C=N–C) groups is 1. The summed E-state index contributed by atoms with van der Waals surface area (Å²) in [5.74, 6) is 1.15. The van der Waals surface area contributed by atoms with E-state index >= 15 is 0 Å². The molecule has 0 unspecified atom stereocenters. The van der Waals surface area contributed by atoms with Gasteiger partial charge >= 0.3 is 0 Å². The highest BCUT2D eigenvalue weighted by Gasteiger charge is 2.26. The Morgan fingerprint density at radius 3 is 2.55 bits per heavy atom. The van der Waals surface area contributed by atoms with Crippen LogP contribution < -0.4 is 5.32 Å². The predicted molar refractivity (Wildman–Crippen MR) is 90.5 cm³/mol. The zero-order chi connectivity index (χ0) is 14.6. The van der Waals surface area contributed by atoms with Crippen LogP contribution in [0.4, 0.5) is 0 Å². The molecule has 1 N–H and O–H groups in total. The zero-order valence-electron chi connectivity index (χ0n) is 13.1. The third kappa shape index (κ3) is 4.86. The molecule has 1 aromatic rings. The summed E-state index contributed by atoms with van der Waals surface area (Å²) in [5.41, 5.74) is 1.83. The number of amidine groups is 1. The van der Waals surface area contributed by atoms with Crippen molar-refractivity contribution in [2.45, 2.75) is 46.1 Å². The van der Waals surface area contributed by atoms with Crippen molar-refractivity contribution in [2.75, 3.05) is 12.3 Å². The van der Waals surface area contributed by atoms with Gasteiger partial charge in [0.2, 0.25) is 0 Å². The SMILES string of the molecule is CC1(C)CN=C(NC(C)(C)CCc2ccccc2)SC1. The fourth-order valence-electron chi connectivity index (χ4n) is 2.17. The van der Waals surface area contributed by atoms with Crippen molar-refractivity contribution >= 4 is 16.9 Å². The third-order valence-electron chi connectivity index (χ3n) is 3.58. The molecule has 0 saturated heterocycles. The maximum atomic E-state index is 4.69. The summed E-state index contributed by atoms with van der Waals surface area (Å²) in [5, 5.41) is 4.73. The van der Waals surface area contributed by atoms with Crippen LogP contribution in [0.3, 0.4) is 0 Å². The zero-order valence-corrected chi connectivity index (χ0v) is 13.9. The summed E-state index contributed by atoms with van der Waals surface area (Å²) in [6.45, 7) is 10.0. The number of aryl methyl sites for hydroxylation is 1. The van der Waals surface area contributed by atoms with E-state index in [0.717, 1.165) is 30.3 Å². The summed E-state index contributed by atoms with van der Waals surface area (Å²) < 4.78 is 0. The average molecular weight is 290 g/mol. The fourth-order valence-corrected chi connectivity index (χ4v) is 3.29. The van der Waals surface area contributed by atoms with Gasteiger partial charge in [-0.2, -0.15) is 0 Å². The van der Waals surface area contributed by atoms with Crippen molar-refractivity contribution in [3.05, 3.63) is 35.9 Å². The first-order chi connectivity index (χ1) is 9.36. The highest BCUT2D eigenvalue weighted by Crippen LogP contribution is 2.28. The molecular weight excluding hydrogens is 264 g/mol. The summed E-state index contributed by atoms with van der Waals surface area (Å²) in [4.78, 5) is 4.69. The summed E-state index contributed by atoms with van der Waals surface area (Å²) >= 11 is 1.86. The lowest BCUT2D eigenvalue weighted by Crippen LogP contribution is -2.44. The lowest BCUT2D eigenvalue weighted by molar-refractivity contribution is 0.414. The van der Waals surface area contributed by atoms with Gasteiger partial charge in [-0.05, 0) is 37.7 Å². The second-order valence-corrected chi connectivity index (χ2v) is 8.03. The summed E-state index contributed by atoms with van der Waals surface area (Å²) in [7, 11) is 0. The molecule has 0 aliphatic carbocycles. The van der Waals surface area contributed by atoms with Crippen LogP contribution in [0.1, 0.15) is 39.7 Å². The first-order valence-corrected chi connectivity index (χ1v) is 8.34. The molecule has 2 rings (SSSR count). The van der Waals surface area contributed by atoms with Crippen LogP contribution in [0.5, 0.6) is 0 Å². The standard InChI is InChI=1S/C17H26N2S/c1-16(2)12-18-15(20-13-16)19-17(3,4)11-10-14-8-6-5-7-9-14/h5-9H,10-13H2,1-4H3,(H,18,19). The van der Waals surface area contributed by atoms with Crippen molar-refractivity contribution in [3.63, 3.8) is 0 Å². The Labute approximate surface area is 127 Å². The average Bonchev–Trinajstić information content (AvgIpc) is 2.40. The van der Waals surface area contributed by atoms with Gasteiger partial charge in [0.1, 0.15) is 0 Å². The maximum absolute atomic E-state index is 4.69. The molecule has 0 aromatic heterocycles. The van der Waals surface area contributed by atoms with Gasteiger partial charge in [-0.25, -0.2) is 0 Å². The minimum Gasteiger partial charge on any atom is -0.360 e. The predicted octanol–water partition coefficient (Wildman–Crippen LogP) is 4.12. The molecule has 0 radical (unpaired) electrons. The van der Waals surface area contributed by atoms with E-state index in [2.05, 4.69) is 63.3 Å². The van der Waals surface area contributed by atoms with Crippen LogP contribution in [0.25, 0.3) is 0 Å². The van der Waals surface area contributed by atoms with Crippen LogP contribution in [0, 0.1) is 5.41 Å². The van der Waals surface area contributed by atoms with Crippen LogP contribution in [-0.4, -0.2) is 23.0 Å². The van der Waals surface area contributed by atoms with E-state index in [-0.39, 0.29) is 5.54 Å². The molecule has 0 spiro atoms. The minimum atomic E-state index is 0.0865. The van der Waals surface area contributed by atoms with Crippen LogP contribution in [-0.2, 0) is 6.42 Å². The normalized spacial score (nSPS) is 18.5. The van der Waals surface area contributed by atoms with Gasteiger partial charge < -0.3 is 5.32 Å². The van der Waals surface area contributed by atoms with Gasteiger partial charge in [0, 0.05) is 17.8 Å². The highest BCUT2D eigenvalue weighted by atomic mass is 32.2. The van der Waals surface area contributed by atoms with E-state index in [1.807, 2.05) is 11.8 Å². The molecule has 20 heavy (non-hydrogen) atoms.